The van der Waals surface area contributed by atoms with Crippen LogP contribution in [0.2, 0.25) is 10.0 Å². The number of aliphatic hydroxyl groups excluding tert-OH is 1. The number of nitrogens with one attached hydrogen (secondary N) is 1. The molecule has 0 unspecified atom stereocenters. The lowest BCUT2D eigenvalue weighted by Gasteiger charge is -2.24. The Morgan fingerprint density at radius 2 is 1.62 bits per heavy atom. The lowest BCUT2D eigenvalue weighted by molar-refractivity contribution is 0.0287. The van der Waals surface area contributed by atoms with Crippen molar-refractivity contribution in [3.05, 3.63) is 57.1 Å². The summed E-state index contributed by atoms with van der Waals surface area (Å²) in [6, 6.07) is 5.55. The first kappa shape index (κ1) is 26.9. The number of ether oxygens (including phenoxy) is 3. The molecule has 1 aliphatic heterocycles. The van der Waals surface area contributed by atoms with E-state index < -0.39 is 11.9 Å². The van der Waals surface area contributed by atoms with E-state index in [1.165, 1.54) is 32.4 Å². The lowest BCUT2D eigenvalue weighted by Crippen LogP contribution is -2.39. The topological polar surface area (TPSA) is 60.0 Å². The number of alkyl halides is 1. The maximum Gasteiger partial charge on any atom is 0.140 e. The Hall–Kier alpha value is -1.35. The monoisotopic (exact) mass is 511 g/mol. The smallest absolute Gasteiger partial charge is 0.140 e. The van der Waals surface area contributed by atoms with Gasteiger partial charge in [-0.1, -0.05) is 23.2 Å². The van der Waals surface area contributed by atoms with Gasteiger partial charge in [-0.15, -0.1) is 11.6 Å². The highest BCUT2D eigenvalue weighted by molar-refractivity contribution is 6.32. The molecule has 178 valence electrons. The van der Waals surface area contributed by atoms with E-state index in [0.717, 1.165) is 13.1 Å². The van der Waals surface area contributed by atoms with Gasteiger partial charge in [-0.25, -0.2) is 8.78 Å². The highest BCUT2D eigenvalue weighted by atomic mass is 35.5. The SMILES string of the molecule is COc1cc(F)c(C[C@@H](O)CCl)cc1Cl.COc1cc(F)c(C[C@@H]2CNCCO2)cc1Cl. The fourth-order valence-electron chi connectivity index (χ4n) is 3.07. The van der Waals surface area contributed by atoms with Gasteiger partial charge in [0, 0.05) is 43.9 Å². The van der Waals surface area contributed by atoms with Crippen LogP contribution in [0.3, 0.4) is 0 Å². The van der Waals surface area contributed by atoms with Crippen molar-refractivity contribution in [3.63, 3.8) is 0 Å². The predicted molar refractivity (Wildman–Crippen MR) is 123 cm³/mol. The van der Waals surface area contributed by atoms with Gasteiger partial charge in [0.15, 0.2) is 0 Å². The van der Waals surface area contributed by atoms with E-state index in [4.69, 9.17) is 49.0 Å². The van der Waals surface area contributed by atoms with Crippen molar-refractivity contribution >= 4 is 34.8 Å². The summed E-state index contributed by atoms with van der Waals surface area (Å²) >= 11 is 17.2. The number of halogens is 5. The van der Waals surface area contributed by atoms with Crippen LogP contribution in [0.4, 0.5) is 8.78 Å². The standard InChI is InChI=1S/C12H15ClFNO2.C10H11Cl2FO2/c1-16-12-6-11(14)8(5-10(12)13)4-9-7-15-2-3-17-9;1-15-10-4-9(13)6(3-8(10)12)2-7(14)5-11/h5-6,9,15H,2-4,7H2,1H3;3-4,7,14H,2,5H2,1H3/t9-;7-/m11/s1. The van der Waals surface area contributed by atoms with E-state index in [1.54, 1.807) is 6.07 Å². The Morgan fingerprint density at radius 1 is 1.06 bits per heavy atom. The van der Waals surface area contributed by atoms with Crippen LogP contribution in [0.1, 0.15) is 11.1 Å². The van der Waals surface area contributed by atoms with Gasteiger partial charge >= 0.3 is 0 Å². The number of aliphatic hydroxyl groups is 1. The molecule has 2 atom stereocenters. The summed E-state index contributed by atoms with van der Waals surface area (Å²) in [7, 11) is 2.88. The van der Waals surface area contributed by atoms with Crippen molar-refractivity contribution in [3.8, 4) is 11.5 Å². The summed E-state index contributed by atoms with van der Waals surface area (Å²) in [5.74, 6) is -0.0713. The Labute approximate surface area is 201 Å². The Balaban J connectivity index is 0.000000229. The largest absolute Gasteiger partial charge is 0.495 e. The van der Waals surface area contributed by atoms with Crippen molar-refractivity contribution < 1.29 is 28.1 Å². The quantitative estimate of drug-likeness (QED) is 0.529. The third kappa shape index (κ3) is 7.90. The first-order valence-electron chi connectivity index (χ1n) is 9.89. The van der Waals surface area contributed by atoms with Gasteiger partial charge in [-0.3, -0.25) is 0 Å². The molecule has 0 spiro atoms. The summed E-state index contributed by atoms with van der Waals surface area (Å²) < 4.78 is 42.5. The van der Waals surface area contributed by atoms with E-state index in [-0.39, 0.29) is 30.0 Å². The maximum absolute atomic E-state index is 13.8. The molecule has 0 bridgehead atoms. The summed E-state index contributed by atoms with van der Waals surface area (Å²) in [5.41, 5.74) is 0.887. The molecule has 1 aliphatic rings. The van der Waals surface area contributed by atoms with Crippen LogP contribution in [-0.4, -0.2) is 57.1 Å². The van der Waals surface area contributed by atoms with Crippen LogP contribution in [0.15, 0.2) is 24.3 Å². The number of hydrogen-bond acceptors (Lipinski definition) is 5. The zero-order chi connectivity index (χ0) is 23.7. The van der Waals surface area contributed by atoms with Crippen molar-refractivity contribution in [2.24, 2.45) is 0 Å². The second kappa shape index (κ2) is 13.4. The molecule has 0 amide bonds. The van der Waals surface area contributed by atoms with Crippen molar-refractivity contribution in [1.82, 2.24) is 5.32 Å². The Kier molecular flexibility index (Phi) is 11.2. The number of hydrogen-bond donors (Lipinski definition) is 2. The minimum absolute atomic E-state index is 0.00251. The van der Waals surface area contributed by atoms with Gasteiger partial charge in [-0.05, 0) is 23.3 Å². The molecule has 5 nitrogen and oxygen atoms in total. The molecule has 2 aromatic carbocycles. The van der Waals surface area contributed by atoms with Crippen LogP contribution in [0.25, 0.3) is 0 Å². The van der Waals surface area contributed by atoms with E-state index in [9.17, 15) is 13.9 Å². The van der Waals surface area contributed by atoms with Crippen LogP contribution in [0.5, 0.6) is 11.5 Å². The van der Waals surface area contributed by atoms with Crippen molar-refractivity contribution in [2.45, 2.75) is 25.0 Å². The summed E-state index contributed by atoms with van der Waals surface area (Å²) in [5, 5.41) is 13.2. The minimum Gasteiger partial charge on any atom is -0.495 e. The van der Waals surface area contributed by atoms with Crippen molar-refractivity contribution in [2.75, 3.05) is 39.8 Å². The van der Waals surface area contributed by atoms with Gasteiger partial charge in [0.2, 0.25) is 0 Å². The maximum atomic E-state index is 13.8. The van der Waals surface area contributed by atoms with Crippen molar-refractivity contribution in [1.29, 1.82) is 0 Å². The number of rotatable bonds is 7. The number of benzene rings is 2. The fourth-order valence-corrected chi connectivity index (χ4v) is 3.71. The number of methoxy groups -OCH3 is 2. The average Bonchev–Trinajstić information content (AvgIpc) is 2.79. The zero-order valence-electron chi connectivity index (χ0n) is 17.8. The molecule has 0 radical (unpaired) electrons. The number of morpholine rings is 1. The van der Waals surface area contributed by atoms with Crippen LogP contribution < -0.4 is 14.8 Å². The molecule has 0 aromatic heterocycles. The van der Waals surface area contributed by atoms with E-state index in [0.29, 0.717) is 39.9 Å². The summed E-state index contributed by atoms with van der Waals surface area (Å²) in [6.07, 6.45) is -0.116. The summed E-state index contributed by atoms with van der Waals surface area (Å²) in [4.78, 5) is 0. The zero-order valence-corrected chi connectivity index (χ0v) is 20.0. The van der Waals surface area contributed by atoms with Gasteiger partial charge in [0.25, 0.3) is 0 Å². The van der Waals surface area contributed by atoms with Gasteiger partial charge < -0.3 is 24.6 Å². The van der Waals surface area contributed by atoms with E-state index >= 15 is 0 Å². The molecule has 32 heavy (non-hydrogen) atoms. The lowest BCUT2D eigenvalue weighted by atomic mass is 10.1. The second-order valence-corrected chi connectivity index (χ2v) is 8.19. The fraction of sp³-hybridized carbons (Fsp3) is 0.455. The molecule has 3 rings (SSSR count). The van der Waals surface area contributed by atoms with E-state index in [1.807, 2.05) is 0 Å². The van der Waals surface area contributed by atoms with Crippen LogP contribution >= 0.6 is 34.8 Å². The molecular formula is C22H26Cl3F2NO4. The van der Waals surface area contributed by atoms with Crippen LogP contribution in [0, 0.1) is 11.6 Å². The van der Waals surface area contributed by atoms with Crippen LogP contribution in [-0.2, 0) is 17.6 Å². The summed E-state index contributed by atoms with van der Waals surface area (Å²) in [6.45, 7) is 2.25. The third-order valence-electron chi connectivity index (χ3n) is 4.73. The normalized spacial score (nSPS) is 16.7. The highest BCUT2D eigenvalue weighted by Crippen LogP contribution is 2.29. The molecule has 0 saturated carbocycles. The molecule has 1 fully saturated rings. The molecule has 10 heteroatoms. The Morgan fingerprint density at radius 3 is 2.12 bits per heavy atom. The highest BCUT2D eigenvalue weighted by Gasteiger charge is 2.17. The Bertz CT molecular complexity index is 883. The van der Waals surface area contributed by atoms with Gasteiger partial charge in [0.05, 0.1) is 43.1 Å². The molecule has 0 aliphatic carbocycles. The second-order valence-electron chi connectivity index (χ2n) is 7.07. The third-order valence-corrected chi connectivity index (χ3v) is 5.67. The van der Waals surface area contributed by atoms with Gasteiger partial charge in [-0.2, -0.15) is 0 Å². The molecule has 1 saturated heterocycles. The minimum atomic E-state index is -0.773. The molecule has 1 heterocycles. The molecule has 2 aromatic rings. The van der Waals surface area contributed by atoms with E-state index in [2.05, 4.69) is 5.32 Å². The molecule has 2 N–H and O–H groups in total. The van der Waals surface area contributed by atoms with Gasteiger partial charge in [0.1, 0.15) is 23.1 Å². The molecular weight excluding hydrogens is 487 g/mol. The first-order valence-corrected chi connectivity index (χ1v) is 11.2. The average molecular weight is 513 g/mol. The predicted octanol–water partition coefficient (Wildman–Crippen LogP) is 4.65. The first-order chi connectivity index (χ1) is 15.3.